The fourth-order valence-electron chi connectivity index (χ4n) is 3.17. The van der Waals surface area contributed by atoms with Gasteiger partial charge in [-0.15, -0.1) is 0 Å². The van der Waals surface area contributed by atoms with Gasteiger partial charge in [-0.1, -0.05) is 48.0 Å². The highest BCUT2D eigenvalue weighted by Crippen LogP contribution is 2.18. The maximum absolute atomic E-state index is 12.5. The first-order valence-corrected chi connectivity index (χ1v) is 10.4. The average Bonchev–Trinajstić information content (AvgIpc) is 2.80. The van der Waals surface area contributed by atoms with Crippen LogP contribution in [-0.2, 0) is 9.59 Å². The Kier molecular flexibility index (Phi) is 7.61. The van der Waals surface area contributed by atoms with Crippen molar-refractivity contribution in [3.8, 4) is 11.8 Å². The number of nitrogens with one attached hydrogen (secondary N) is 2. The van der Waals surface area contributed by atoms with Crippen LogP contribution in [0.5, 0.6) is 5.75 Å². The summed E-state index contributed by atoms with van der Waals surface area (Å²) in [6.07, 6.45) is 1.50. The van der Waals surface area contributed by atoms with Crippen LogP contribution >= 0.6 is 0 Å². The van der Waals surface area contributed by atoms with Crippen LogP contribution in [-0.4, -0.2) is 18.4 Å². The van der Waals surface area contributed by atoms with Gasteiger partial charge < -0.3 is 15.4 Å². The number of hydrogen-bond donors (Lipinski definition) is 2. The zero-order chi connectivity index (χ0) is 23.8. The molecule has 3 rings (SSSR count). The average molecular weight is 440 g/mol. The lowest BCUT2D eigenvalue weighted by Gasteiger charge is -2.10. The van der Waals surface area contributed by atoms with E-state index in [4.69, 9.17) is 4.74 Å². The first-order chi connectivity index (χ1) is 15.9. The predicted molar refractivity (Wildman–Crippen MR) is 130 cm³/mol. The number of para-hydroxylation sites is 1. The zero-order valence-electron chi connectivity index (χ0n) is 18.8. The van der Waals surface area contributed by atoms with E-state index < -0.39 is 5.91 Å². The van der Waals surface area contributed by atoms with E-state index in [0.717, 1.165) is 22.4 Å². The summed E-state index contributed by atoms with van der Waals surface area (Å²) in [6.45, 7) is 5.68. The molecule has 0 atom stereocenters. The van der Waals surface area contributed by atoms with Crippen LogP contribution in [0, 0.1) is 32.1 Å². The van der Waals surface area contributed by atoms with Crippen molar-refractivity contribution in [2.45, 2.75) is 20.8 Å². The Balaban J connectivity index is 1.58. The smallest absolute Gasteiger partial charge is 0.266 e. The number of hydrogen-bond acceptors (Lipinski definition) is 4. The van der Waals surface area contributed by atoms with E-state index in [9.17, 15) is 14.9 Å². The topological polar surface area (TPSA) is 91.2 Å². The van der Waals surface area contributed by atoms with E-state index in [1.165, 1.54) is 6.08 Å². The van der Waals surface area contributed by atoms with Gasteiger partial charge in [-0.05, 0) is 67.8 Å². The summed E-state index contributed by atoms with van der Waals surface area (Å²) < 4.78 is 5.55. The Morgan fingerprint density at radius 3 is 2.27 bits per heavy atom. The molecule has 166 valence electrons. The molecule has 0 aliphatic carbocycles. The van der Waals surface area contributed by atoms with E-state index in [0.29, 0.717) is 17.0 Å². The molecule has 2 amide bonds. The maximum atomic E-state index is 12.5. The molecule has 0 bridgehead atoms. The van der Waals surface area contributed by atoms with Crippen LogP contribution in [0.3, 0.4) is 0 Å². The lowest BCUT2D eigenvalue weighted by Crippen LogP contribution is -2.20. The van der Waals surface area contributed by atoms with Gasteiger partial charge in [0.05, 0.1) is 0 Å². The SMILES string of the molecule is Cc1ccc(NC(=O)COc2ccc(/C=C(/C#N)C(=O)Nc3ccccc3C)cc2)c(C)c1. The van der Waals surface area contributed by atoms with Gasteiger partial charge in [-0.25, -0.2) is 0 Å². The molecule has 6 heteroatoms. The molecule has 3 aromatic rings. The van der Waals surface area contributed by atoms with Crippen LogP contribution in [0.2, 0.25) is 0 Å². The van der Waals surface area contributed by atoms with Crippen molar-refractivity contribution in [2.24, 2.45) is 0 Å². The molecule has 0 saturated carbocycles. The monoisotopic (exact) mass is 439 g/mol. The summed E-state index contributed by atoms with van der Waals surface area (Å²) in [7, 11) is 0. The van der Waals surface area contributed by atoms with Crippen LogP contribution in [0.25, 0.3) is 6.08 Å². The van der Waals surface area contributed by atoms with Crippen LogP contribution in [0.1, 0.15) is 22.3 Å². The molecule has 2 N–H and O–H groups in total. The first kappa shape index (κ1) is 23.3. The normalized spacial score (nSPS) is 10.8. The lowest BCUT2D eigenvalue weighted by atomic mass is 10.1. The van der Waals surface area contributed by atoms with Crippen LogP contribution in [0.4, 0.5) is 11.4 Å². The molecule has 0 unspecified atom stereocenters. The number of rotatable bonds is 7. The van der Waals surface area contributed by atoms with Gasteiger partial charge in [0.1, 0.15) is 17.4 Å². The third-order valence-corrected chi connectivity index (χ3v) is 4.98. The number of carbonyl (C=O) groups is 2. The Bertz CT molecular complexity index is 1240. The minimum atomic E-state index is -0.477. The number of nitrogens with zero attached hydrogens (tertiary/aromatic N) is 1. The van der Waals surface area contributed by atoms with Crippen LogP contribution in [0.15, 0.2) is 72.3 Å². The van der Waals surface area contributed by atoms with Crippen LogP contribution < -0.4 is 15.4 Å². The molecule has 0 radical (unpaired) electrons. The van der Waals surface area contributed by atoms with E-state index >= 15 is 0 Å². The highest BCUT2D eigenvalue weighted by Gasteiger charge is 2.11. The molecular weight excluding hydrogens is 414 g/mol. The molecule has 3 aromatic carbocycles. The summed E-state index contributed by atoms with van der Waals surface area (Å²) in [6, 6.07) is 21.9. The minimum Gasteiger partial charge on any atom is -0.484 e. The minimum absolute atomic E-state index is 0.0141. The summed E-state index contributed by atoms with van der Waals surface area (Å²) in [5.74, 6) is -0.230. The van der Waals surface area contributed by atoms with Crippen molar-refractivity contribution >= 4 is 29.3 Å². The zero-order valence-corrected chi connectivity index (χ0v) is 18.8. The number of carbonyl (C=O) groups excluding carboxylic acids is 2. The van der Waals surface area contributed by atoms with Crippen molar-refractivity contribution in [3.63, 3.8) is 0 Å². The Hall–Kier alpha value is -4.37. The van der Waals surface area contributed by atoms with Crippen molar-refractivity contribution in [2.75, 3.05) is 17.2 Å². The van der Waals surface area contributed by atoms with Gasteiger partial charge in [0.2, 0.25) is 0 Å². The summed E-state index contributed by atoms with van der Waals surface area (Å²) in [5.41, 5.74) is 5.08. The van der Waals surface area contributed by atoms with E-state index in [1.54, 1.807) is 30.3 Å². The van der Waals surface area contributed by atoms with E-state index in [-0.39, 0.29) is 18.1 Å². The van der Waals surface area contributed by atoms with Gasteiger partial charge in [0.25, 0.3) is 11.8 Å². The fourth-order valence-corrected chi connectivity index (χ4v) is 3.17. The molecule has 0 aliphatic heterocycles. The quantitative estimate of drug-likeness (QED) is 0.392. The Labute approximate surface area is 193 Å². The lowest BCUT2D eigenvalue weighted by molar-refractivity contribution is -0.118. The van der Waals surface area contributed by atoms with Gasteiger partial charge in [-0.2, -0.15) is 5.26 Å². The molecular formula is C27H25N3O3. The Morgan fingerprint density at radius 2 is 1.61 bits per heavy atom. The molecule has 0 fully saturated rings. The highest BCUT2D eigenvalue weighted by atomic mass is 16.5. The Morgan fingerprint density at radius 1 is 0.909 bits per heavy atom. The molecule has 6 nitrogen and oxygen atoms in total. The van der Waals surface area contributed by atoms with Gasteiger partial charge in [-0.3, -0.25) is 9.59 Å². The number of nitriles is 1. The van der Waals surface area contributed by atoms with Gasteiger partial charge in [0.15, 0.2) is 6.61 Å². The third-order valence-electron chi connectivity index (χ3n) is 4.98. The summed E-state index contributed by atoms with van der Waals surface area (Å²) in [5, 5.41) is 15.0. The fraction of sp³-hybridized carbons (Fsp3) is 0.148. The second-order valence-electron chi connectivity index (χ2n) is 7.66. The number of anilines is 2. The molecule has 0 aliphatic rings. The second kappa shape index (κ2) is 10.8. The molecule has 33 heavy (non-hydrogen) atoms. The number of ether oxygens (including phenoxy) is 1. The molecule has 0 heterocycles. The second-order valence-corrected chi connectivity index (χ2v) is 7.66. The van der Waals surface area contributed by atoms with Crippen molar-refractivity contribution in [1.82, 2.24) is 0 Å². The number of benzene rings is 3. The third kappa shape index (κ3) is 6.55. The standard InChI is InChI=1S/C27H25N3O3/c1-18-8-13-25(20(3)14-18)29-26(31)17-33-23-11-9-21(10-12-23)15-22(16-28)27(32)30-24-7-5-4-6-19(24)2/h4-15H,17H2,1-3H3,(H,29,31)(H,30,32)/b22-15-. The molecule has 0 aromatic heterocycles. The summed E-state index contributed by atoms with van der Waals surface area (Å²) >= 11 is 0. The number of amides is 2. The van der Waals surface area contributed by atoms with Gasteiger partial charge in [0, 0.05) is 11.4 Å². The predicted octanol–water partition coefficient (Wildman–Crippen LogP) is 5.18. The van der Waals surface area contributed by atoms with Crippen molar-refractivity contribution in [3.05, 3.63) is 94.6 Å². The van der Waals surface area contributed by atoms with E-state index in [2.05, 4.69) is 10.6 Å². The maximum Gasteiger partial charge on any atom is 0.266 e. The van der Waals surface area contributed by atoms with E-state index in [1.807, 2.05) is 63.2 Å². The summed E-state index contributed by atoms with van der Waals surface area (Å²) in [4.78, 5) is 24.7. The largest absolute Gasteiger partial charge is 0.484 e. The van der Waals surface area contributed by atoms with Crippen molar-refractivity contribution in [1.29, 1.82) is 5.26 Å². The number of aryl methyl sites for hydroxylation is 3. The first-order valence-electron chi connectivity index (χ1n) is 10.4. The van der Waals surface area contributed by atoms with Crippen molar-refractivity contribution < 1.29 is 14.3 Å². The van der Waals surface area contributed by atoms with Gasteiger partial charge >= 0.3 is 0 Å². The highest BCUT2D eigenvalue weighted by molar-refractivity contribution is 6.09. The molecule has 0 spiro atoms. The molecule has 0 saturated heterocycles.